The number of esters is 1. The Morgan fingerprint density at radius 1 is 1.53 bits per heavy atom. The average Bonchev–Trinajstić information content (AvgIpc) is 2.71. The van der Waals surface area contributed by atoms with Crippen LogP contribution in [-0.2, 0) is 9.53 Å². The third-order valence-corrected chi connectivity index (χ3v) is 2.00. The molecule has 1 amide bonds. The number of carbonyl (C=O) groups excluding carboxylic acids is 2. The van der Waals surface area contributed by atoms with Gasteiger partial charge in [0.2, 0.25) is 5.76 Å². The van der Waals surface area contributed by atoms with Gasteiger partial charge in [-0.05, 0) is 20.3 Å². The van der Waals surface area contributed by atoms with Crippen LogP contribution in [0.4, 0.5) is 0 Å². The lowest BCUT2D eigenvalue weighted by Crippen LogP contribution is -2.24. The minimum absolute atomic E-state index is 0.179. The molecule has 0 fully saturated rings. The van der Waals surface area contributed by atoms with E-state index in [0.717, 1.165) is 0 Å². The molecule has 1 aromatic heterocycles. The molecule has 1 heterocycles. The number of nitrogens with one attached hydrogen (secondary N) is 1. The first-order valence-corrected chi connectivity index (χ1v) is 5.50. The van der Waals surface area contributed by atoms with Crippen LogP contribution < -0.4 is 5.32 Å². The summed E-state index contributed by atoms with van der Waals surface area (Å²) < 4.78 is 9.55. The van der Waals surface area contributed by atoms with Crippen molar-refractivity contribution in [2.45, 2.75) is 26.7 Å². The maximum atomic E-state index is 11.5. The summed E-state index contributed by atoms with van der Waals surface area (Å²) in [7, 11) is 0. The Labute approximate surface area is 99.3 Å². The average molecular weight is 240 g/mol. The fourth-order valence-electron chi connectivity index (χ4n) is 1.23. The number of hydrogen-bond donors (Lipinski definition) is 1. The van der Waals surface area contributed by atoms with Gasteiger partial charge in [-0.2, -0.15) is 0 Å². The van der Waals surface area contributed by atoms with Crippen LogP contribution >= 0.6 is 0 Å². The second-order valence-electron chi connectivity index (χ2n) is 3.50. The van der Waals surface area contributed by atoms with Crippen molar-refractivity contribution < 1.29 is 18.8 Å². The Balaban J connectivity index is 2.19. The molecule has 6 nitrogen and oxygen atoms in total. The lowest BCUT2D eigenvalue weighted by Gasteiger charge is -2.02. The Hall–Kier alpha value is -1.85. The highest BCUT2D eigenvalue weighted by atomic mass is 16.5. The number of carbonyl (C=O) groups is 2. The van der Waals surface area contributed by atoms with Gasteiger partial charge in [0.25, 0.3) is 5.91 Å². The van der Waals surface area contributed by atoms with Crippen LogP contribution in [-0.4, -0.2) is 30.2 Å². The second kappa shape index (κ2) is 6.67. The van der Waals surface area contributed by atoms with Gasteiger partial charge in [0.15, 0.2) is 0 Å². The molecular weight excluding hydrogens is 224 g/mol. The highest BCUT2D eigenvalue weighted by Gasteiger charge is 2.10. The van der Waals surface area contributed by atoms with Crippen molar-refractivity contribution in [2.24, 2.45) is 0 Å². The molecule has 0 unspecified atom stereocenters. The zero-order valence-corrected chi connectivity index (χ0v) is 9.99. The van der Waals surface area contributed by atoms with Crippen LogP contribution in [0.15, 0.2) is 10.6 Å². The molecule has 17 heavy (non-hydrogen) atoms. The van der Waals surface area contributed by atoms with E-state index in [4.69, 9.17) is 9.26 Å². The Morgan fingerprint density at radius 2 is 2.29 bits per heavy atom. The fraction of sp³-hybridized carbons (Fsp3) is 0.545. The molecule has 0 radical (unpaired) electrons. The standard InChI is InChI=1S/C11H16N2O4/c1-3-16-10(14)5-4-6-12-11(15)9-7-8(2)13-17-9/h7H,3-6H2,1-2H3,(H,12,15). The summed E-state index contributed by atoms with van der Waals surface area (Å²) in [5, 5.41) is 6.24. The largest absolute Gasteiger partial charge is 0.466 e. The normalized spacial score (nSPS) is 10.0. The summed E-state index contributed by atoms with van der Waals surface area (Å²) in [6.07, 6.45) is 0.835. The van der Waals surface area contributed by atoms with E-state index >= 15 is 0 Å². The topological polar surface area (TPSA) is 81.4 Å². The molecule has 0 spiro atoms. The van der Waals surface area contributed by atoms with E-state index in [1.165, 1.54) is 0 Å². The van der Waals surface area contributed by atoms with Gasteiger partial charge >= 0.3 is 5.97 Å². The highest BCUT2D eigenvalue weighted by molar-refractivity contribution is 5.91. The Morgan fingerprint density at radius 3 is 2.88 bits per heavy atom. The first-order valence-electron chi connectivity index (χ1n) is 5.50. The highest BCUT2D eigenvalue weighted by Crippen LogP contribution is 2.01. The number of nitrogens with zero attached hydrogens (tertiary/aromatic N) is 1. The number of hydrogen-bond acceptors (Lipinski definition) is 5. The predicted molar refractivity (Wildman–Crippen MR) is 59.4 cm³/mol. The smallest absolute Gasteiger partial charge is 0.305 e. The van der Waals surface area contributed by atoms with Crippen molar-refractivity contribution >= 4 is 11.9 Å². The quantitative estimate of drug-likeness (QED) is 0.594. The van der Waals surface area contributed by atoms with Crippen molar-refractivity contribution in [3.63, 3.8) is 0 Å². The van der Waals surface area contributed by atoms with Gasteiger partial charge in [0.1, 0.15) is 0 Å². The zero-order valence-electron chi connectivity index (χ0n) is 9.99. The summed E-state index contributed by atoms with van der Waals surface area (Å²) in [6.45, 7) is 4.27. The fourth-order valence-corrected chi connectivity index (χ4v) is 1.23. The van der Waals surface area contributed by atoms with Crippen LogP contribution in [0.2, 0.25) is 0 Å². The maximum Gasteiger partial charge on any atom is 0.305 e. The van der Waals surface area contributed by atoms with Crippen molar-refractivity contribution in [3.8, 4) is 0 Å². The van der Waals surface area contributed by atoms with E-state index in [2.05, 4.69) is 10.5 Å². The lowest BCUT2D eigenvalue weighted by molar-refractivity contribution is -0.143. The molecule has 0 aliphatic rings. The number of aromatic nitrogens is 1. The van der Waals surface area contributed by atoms with Gasteiger partial charge in [-0.25, -0.2) is 0 Å². The Kier molecular flexibility index (Phi) is 5.19. The number of rotatable bonds is 6. The molecular formula is C11H16N2O4. The summed E-state index contributed by atoms with van der Waals surface area (Å²) in [4.78, 5) is 22.5. The number of aryl methyl sites for hydroxylation is 1. The first kappa shape index (κ1) is 13.2. The molecule has 0 saturated heterocycles. The monoisotopic (exact) mass is 240 g/mol. The minimum atomic E-state index is -0.325. The summed E-state index contributed by atoms with van der Waals surface area (Å²) >= 11 is 0. The van der Waals surface area contributed by atoms with E-state index in [0.29, 0.717) is 31.7 Å². The van der Waals surface area contributed by atoms with E-state index in [1.54, 1.807) is 19.9 Å². The third-order valence-electron chi connectivity index (χ3n) is 2.00. The van der Waals surface area contributed by atoms with Crippen LogP contribution in [0.5, 0.6) is 0 Å². The molecule has 0 saturated carbocycles. The molecule has 0 aliphatic heterocycles. The van der Waals surface area contributed by atoms with Gasteiger partial charge in [-0.15, -0.1) is 0 Å². The molecule has 94 valence electrons. The molecule has 0 atom stereocenters. The summed E-state index contributed by atoms with van der Waals surface area (Å²) in [5.74, 6) is -0.398. The minimum Gasteiger partial charge on any atom is -0.466 e. The van der Waals surface area contributed by atoms with Gasteiger partial charge in [-0.3, -0.25) is 9.59 Å². The Bertz CT molecular complexity index is 387. The number of amides is 1. The summed E-state index contributed by atoms with van der Waals surface area (Å²) in [6, 6.07) is 1.56. The SMILES string of the molecule is CCOC(=O)CCCNC(=O)c1cc(C)no1. The van der Waals surface area contributed by atoms with Crippen molar-refractivity contribution in [2.75, 3.05) is 13.2 Å². The molecule has 0 aromatic carbocycles. The van der Waals surface area contributed by atoms with E-state index in [9.17, 15) is 9.59 Å². The molecule has 1 N–H and O–H groups in total. The first-order chi connectivity index (χ1) is 8.13. The summed E-state index contributed by atoms with van der Waals surface area (Å²) in [5.41, 5.74) is 0.654. The van der Waals surface area contributed by atoms with Gasteiger partial charge < -0.3 is 14.6 Å². The van der Waals surface area contributed by atoms with E-state index < -0.39 is 0 Å². The predicted octanol–water partition coefficient (Wildman–Crippen LogP) is 1.06. The van der Waals surface area contributed by atoms with Crippen molar-refractivity contribution in [3.05, 3.63) is 17.5 Å². The van der Waals surface area contributed by atoms with Crippen LogP contribution in [0, 0.1) is 6.92 Å². The second-order valence-corrected chi connectivity index (χ2v) is 3.50. The molecule has 0 aliphatic carbocycles. The zero-order chi connectivity index (χ0) is 12.7. The molecule has 6 heteroatoms. The molecule has 1 rings (SSSR count). The van der Waals surface area contributed by atoms with Crippen molar-refractivity contribution in [1.82, 2.24) is 10.5 Å². The van der Waals surface area contributed by atoms with Crippen molar-refractivity contribution in [1.29, 1.82) is 0 Å². The van der Waals surface area contributed by atoms with E-state index in [-0.39, 0.29) is 17.6 Å². The van der Waals surface area contributed by atoms with Gasteiger partial charge in [-0.1, -0.05) is 5.16 Å². The molecule has 1 aromatic rings. The van der Waals surface area contributed by atoms with Crippen LogP contribution in [0.1, 0.15) is 36.0 Å². The lowest BCUT2D eigenvalue weighted by atomic mass is 10.3. The third kappa shape index (κ3) is 4.67. The maximum absolute atomic E-state index is 11.5. The van der Waals surface area contributed by atoms with Gasteiger partial charge in [0, 0.05) is 19.0 Å². The van der Waals surface area contributed by atoms with Crippen LogP contribution in [0.3, 0.4) is 0 Å². The number of ether oxygens (including phenoxy) is 1. The van der Waals surface area contributed by atoms with E-state index in [1.807, 2.05) is 0 Å². The van der Waals surface area contributed by atoms with Crippen LogP contribution in [0.25, 0.3) is 0 Å². The molecule has 0 bridgehead atoms. The van der Waals surface area contributed by atoms with Gasteiger partial charge in [0.05, 0.1) is 12.3 Å².